The summed E-state index contributed by atoms with van der Waals surface area (Å²) in [5.41, 5.74) is 3.26. The molecule has 0 aliphatic rings. The lowest BCUT2D eigenvalue weighted by Gasteiger charge is -2.17. The molecule has 0 aliphatic carbocycles. The maximum atomic E-state index is 12.4. The van der Waals surface area contributed by atoms with Gasteiger partial charge in [0.1, 0.15) is 11.8 Å². The first kappa shape index (κ1) is 18.3. The van der Waals surface area contributed by atoms with Crippen LogP contribution in [0.15, 0.2) is 36.4 Å². The maximum Gasteiger partial charge on any atom is 0.271 e. The van der Waals surface area contributed by atoms with Gasteiger partial charge in [0.15, 0.2) is 0 Å². The summed E-state index contributed by atoms with van der Waals surface area (Å²) in [4.78, 5) is 22.8. The van der Waals surface area contributed by atoms with E-state index < -0.39 is 11.0 Å². The van der Waals surface area contributed by atoms with Crippen molar-refractivity contribution in [2.24, 2.45) is 0 Å². The summed E-state index contributed by atoms with van der Waals surface area (Å²) in [6.45, 7) is 5.73. The molecule has 2 aromatic carbocycles. The van der Waals surface area contributed by atoms with E-state index in [2.05, 4.69) is 10.6 Å². The van der Waals surface area contributed by atoms with Crippen LogP contribution in [0.4, 0.5) is 17.1 Å². The number of benzene rings is 2. The highest BCUT2D eigenvalue weighted by molar-refractivity contribution is 5.97. The number of ether oxygens (including phenoxy) is 1. The average molecular weight is 343 g/mol. The molecule has 0 bridgehead atoms. The first-order chi connectivity index (χ1) is 11.8. The highest BCUT2D eigenvalue weighted by Gasteiger charge is 2.17. The second-order valence-corrected chi connectivity index (χ2v) is 5.80. The minimum Gasteiger partial charge on any atom is -0.495 e. The minimum absolute atomic E-state index is 0.120. The highest BCUT2D eigenvalue weighted by atomic mass is 16.6. The van der Waals surface area contributed by atoms with Crippen LogP contribution in [0.5, 0.6) is 5.75 Å². The number of nitro benzene ring substituents is 1. The van der Waals surface area contributed by atoms with Crippen LogP contribution < -0.4 is 15.4 Å². The number of nitro groups is 1. The average Bonchev–Trinajstić information content (AvgIpc) is 2.57. The van der Waals surface area contributed by atoms with Crippen molar-refractivity contribution in [1.82, 2.24) is 0 Å². The van der Waals surface area contributed by atoms with Crippen LogP contribution in [-0.2, 0) is 4.79 Å². The topological polar surface area (TPSA) is 93.5 Å². The molecule has 2 aromatic rings. The van der Waals surface area contributed by atoms with E-state index in [1.807, 2.05) is 32.0 Å². The normalized spacial score (nSPS) is 11.5. The number of hydrogen-bond donors (Lipinski definition) is 2. The fourth-order valence-corrected chi connectivity index (χ4v) is 2.29. The Bertz CT molecular complexity index is 805. The number of aryl methyl sites for hydroxylation is 2. The van der Waals surface area contributed by atoms with Crippen molar-refractivity contribution >= 4 is 23.0 Å². The van der Waals surface area contributed by atoms with E-state index in [0.717, 1.165) is 11.3 Å². The van der Waals surface area contributed by atoms with Gasteiger partial charge in [-0.1, -0.05) is 6.07 Å². The van der Waals surface area contributed by atoms with E-state index in [1.165, 1.54) is 30.9 Å². The van der Waals surface area contributed by atoms with Gasteiger partial charge in [-0.2, -0.15) is 0 Å². The van der Waals surface area contributed by atoms with E-state index in [0.29, 0.717) is 5.75 Å². The fourth-order valence-electron chi connectivity index (χ4n) is 2.29. The maximum absolute atomic E-state index is 12.4. The molecule has 7 nitrogen and oxygen atoms in total. The van der Waals surface area contributed by atoms with Gasteiger partial charge >= 0.3 is 0 Å². The minimum atomic E-state index is -0.536. The number of nitrogens with one attached hydrogen (secondary N) is 2. The predicted molar refractivity (Wildman–Crippen MR) is 97.3 cm³/mol. The summed E-state index contributed by atoms with van der Waals surface area (Å²) >= 11 is 0. The van der Waals surface area contributed by atoms with Crippen molar-refractivity contribution in [3.05, 3.63) is 57.6 Å². The number of rotatable bonds is 6. The smallest absolute Gasteiger partial charge is 0.271 e. The molecule has 1 amide bonds. The number of hydrogen-bond acceptors (Lipinski definition) is 5. The van der Waals surface area contributed by atoms with E-state index in [-0.39, 0.29) is 17.3 Å². The lowest BCUT2D eigenvalue weighted by molar-refractivity contribution is -0.384. The molecule has 0 aromatic heterocycles. The van der Waals surface area contributed by atoms with Crippen molar-refractivity contribution < 1.29 is 14.5 Å². The number of amides is 1. The number of carbonyl (C=O) groups excluding carboxylic acids is 1. The van der Waals surface area contributed by atoms with Crippen LogP contribution >= 0.6 is 0 Å². The third-order valence-electron chi connectivity index (χ3n) is 3.94. The number of anilines is 2. The molecule has 132 valence electrons. The van der Waals surface area contributed by atoms with Crippen LogP contribution in [0.2, 0.25) is 0 Å². The van der Waals surface area contributed by atoms with Crippen LogP contribution in [0.1, 0.15) is 18.1 Å². The summed E-state index contributed by atoms with van der Waals surface area (Å²) in [6, 6.07) is 9.37. The Balaban J connectivity index is 2.13. The quantitative estimate of drug-likeness (QED) is 0.617. The van der Waals surface area contributed by atoms with Gasteiger partial charge < -0.3 is 15.4 Å². The zero-order valence-electron chi connectivity index (χ0n) is 14.6. The molecule has 0 aliphatic heterocycles. The Morgan fingerprint density at radius 2 is 1.88 bits per heavy atom. The third-order valence-corrected chi connectivity index (χ3v) is 3.94. The molecule has 0 unspecified atom stereocenters. The largest absolute Gasteiger partial charge is 0.495 e. The number of nitrogens with zero attached hydrogens (tertiary/aromatic N) is 1. The predicted octanol–water partition coefficient (Wildman–Crippen LogP) is 3.66. The van der Waals surface area contributed by atoms with Crippen molar-refractivity contribution in [2.75, 3.05) is 17.7 Å². The van der Waals surface area contributed by atoms with Crippen LogP contribution in [0.3, 0.4) is 0 Å². The van der Waals surface area contributed by atoms with Crippen LogP contribution in [0.25, 0.3) is 0 Å². The first-order valence-electron chi connectivity index (χ1n) is 7.79. The van der Waals surface area contributed by atoms with Crippen LogP contribution in [-0.4, -0.2) is 24.0 Å². The zero-order chi connectivity index (χ0) is 18.6. The standard InChI is InChI=1S/C18H21N3O4/c1-11-5-6-14(9-12(11)2)19-13(3)18(22)20-16-10-15(21(23)24)7-8-17(16)25-4/h5-10,13,19H,1-4H3,(H,20,22)/t13-/m0/s1. The number of methoxy groups -OCH3 is 1. The molecule has 7 heteroatoms. The lowest BCUT2D eigenvalue weighted by Crippen LogP contribution is -2.32. The van der Waals surface area contributed by atoms with Crippen molar-refractivity contribution in [1.29, 1.82) is 0 Å². The highest BCUT2D eigenvalue weighted by Crippen LogP contribution is 2.29. The summed E-state index contributed by atoms with van der Waals surface area (Å²) in [5.74, 6) is 0.0364. The fraction of sp³-hybridized carbons (Fsp3) is 0.278. The number of carbonyl (C=O) groups is 1. The van der Waals surface area contributed by atoms with Gasteiger partial charge in [-0.05, 0) is 50.1 Å². The zero-order valence-corrected chi connectivity index (χ0v) is 14.6. The molecule has 0 radical (unpaired) electrons. The van der Waals surface area contributed by atoms with Gasteiger partial charge in [0.2, 0.25) is 5.91 Å². The van der Waals surface area contributed by atoms with Crippen molar-refractivity contribution in [2.45, 2.75) is 26.8 Å². The second kappa shape index (κ2) is 7.65. The van der Waals surface area contributed by atoms with Gasteiger partial charge in [-0.3, -0.25) is 14.9 Å². The summed E-state index contributed by atoms with van der Waals surface area (Å²) in [5, 5.41) is 16.7. The molecule has 0 saturated carbocycles. The first-order valence-corrected chi connectivity index (χ1v) is 7.79. The Morgan fingerprint density at radius 1 is 1.16 bits per heavy atom. The summed E-state index contributed by atoms with van der Waals surface area (Å²) in [6.07, 6.45) is 0. The third kappa shape index (κ3) is 4.47. The number of non-ortho nitro benzene ring substituents is 1. The Morgan fingerprint density at radius 3 is 2.48 bits per heavy atom. The Hall–Kier alpha value is -3.09. The molecule has 0 saturated heterocycles. The molecule has 25 heavy (non-hydrogen) atoms. The SMILES string of the molecule is COc1ccc([N+](=O)[O-])cc1NC(=O)[C@H](C)Nc1ccc(C)c(C)c1. The lowest BCUT2D eigenvalue weighted by atomic mass is 10.1. The van der Waals surface area contributed by atoms with E-state index >= 15 is 0 Å². The van der Waals surface area contributed by atoms with E-state index in [4.69, 9.17) is 4.74 Å². The molecular formula is C18H21N3O4. The van der Waals surface area contributed by atoms with E-state index in [9.17, 15) is 14.9 Å². The molecule has 2 N–H and O–H groups in total. The molecule has 0 heterocycles. The molecular weight excluding hydrogens is 322 g/mol. The summed E-state index contributed by atoms with van der Waals surface area (Å²) < 4.78 is 5.15. The van der Waals surface area contributed by atoms with Crippen molar-refractivity contribution in [3.8, 4) is 5.75 Å². The summed E-state index contributed by atoms with van der Waals surface area (Å²) in [7, 11) is 1.44. The molecule has 1 atom stereocenters. The van der Waals surface area contributed by atoms with Crippen LogP contribution in [0, 0.1) is 24.0 Å². The van der Waals surface area contributed by atoms with Crippen molar-refractivity contribution in [3.63, 3.8) is 0 Å². The monoisotopic (exact) mass is 343 g/mol. The van der Waals surface area contributed by atoms with Gasteiger partial charge in [-0.25, -0.2) is 0 Å². The van der Waals surface area contributed by atoms with Gasteiger partial charge in [0.25, 0.3) is 5.69 Å². The Labute approximate surface area is 146 Å². The van der Waals surface area contributed by atoms with E-state index in [1.54, 1.807) is 6.92 Å². The van der Waals surface area contributed by atoms with Gasteiger partial charge in [0.05, 0.1) is 17.7 Å². The van der Waals surface area contributed by atoms with Gasteiger partial charge in [0, 0.05) is 17.8 Å². The van der Waals surface area contributed by atoms with Gasteiger partial charge in [-0.15, -0.1) is 0 Å². The second-order valence-electron chi connectivity index (χ2n) is 5.80. The molecule has 0 fully saturated rings. The molecule has 2 rings (SSSR count). The molecule has 0 spiro atoms. The Kier molecular flexibility index (Phi) is 5.59.